The highest BCUT2D eigenvalue weighted by Crippen LogP contribution is 2.26. The van der Waals surface area contributed by atoms with Gasteiger partial charge in [0.25, 0.3) is 0 Å². The molecule has 1 aliphatic heterocycles. The number of nitrogens with one attached hydrogen (secondary N) is 2. The maximum Gasteiger partial charge on any atom is 0.229 e. The summed E-state index contributed by atoms with van der Waals surface area (Å²) in [7, 11) is 2.19. The summed E-state index contributed by atoms with van der Waals surface area (Å²) < 4.78 is 0. The van der Waals surface area contributed by atoms with E-state index in [9.17, 15) is 0 Å². The minimum atomic E-state index is 0.502. The van der Waals surface area contributed by atoms with E-state index in [0.717, 1.165) is 49.9 Å². The van der Waals surface area contributed by atoms with Crippen molar-refractivity contribution in [3.8, 4) is 6.07 Å². The molecule has 0 amide bonds. The summed E-state index contributed by atoms with van der Waals surface area (Å²) in [4.78, 5) is 13.8. The maximum atomic E-state index is 8.94. The fraction of sp³-hybridized carbons (Fsp3) is 0.320. The molecule has 164 valence electrons. The summed E-state index contributed by atoms with van der Waals surface area (Å²) in [5.41, 5.74) is 6.29. The highest BCUT2D eigenvalue weighted by molar-refractivity contribution is 5.66. The van der Waals surface area contributed by atoms with Crippen LogP contribution in [0.4, 0.5) is 23.1 Å². The minimum absolute atomic E-state index is 0.502. The second kappa shape index (κ2) is 9.77. The first-order chi connectivity index (χ1) is 15.5. The predicted octanol–water partition coefficient (Wildman–Crippen LogP) is 4.20. The highest BCUT2D eigenvalue weighted by Gasteiger charge is 2.15. The SMILES string of the molecule is Cc1cc(CN2CCN(C)CC2)cc(C)c1Nc1ccnc(Nc2ccc(C#N)cc2)n1. The molecule has 32 heavy (non-hydrogen) atoms. The second-order valence-electron chi connectivity index (χ2n) is 8.39. The fourth-order valence-corrected chi connectivity index (χ4v) is 3.98. The van der Waals surface area contributed by atoms with E-state index in [-0.39, 0.29) is 0 Å². The molecular weight excluding hydrogens is 398 g/mol. The summed E-state index contributed by atoms with van der Waals surface area (Å²) in [5, 5.41) is 15.6. The smallest absolute Gasteiger partial charge is 0.229 e. The van der Waals surface area contributed by atoms with Crippen LogP contribution in [-0.2, 0) is 6.54 Å². The van der Waals surface area contributed by atoms with Gasteiger partial charge in [0.1, 0.15) is 5.82 Å². The van der Waals surface area contributed by atoms with Gasteiger partial charge in [-0.2, -0.15) is 10.2 Å². The number of rotatable bonds is 6. The van der Waals surface area contributed by atoms with Gasteiger partial charge in [0.05, 0.1) is 11.6 Å². The van der Waals surface area contributed by atoms with Crippen LogP contribution in [0.2, 0.25) is 0 Å². The lowest BCUT2D eigenvalue weighted by Crippen LogP contribution is -2.43. The molecule has 7 heteroatoms. The Morgan fingerprint density at radius 1 is 0.969 bits per heavy atom. The zero-order valence-electron chi connectivity index (χ0n) is 18.9. The Morgan fingerprint density at radius 2 is 1.66 bits per heavy atom. The van der Waals surface area contributed by atoms with Crippen molar-refractivity contribution in [3.05, 3.63) is 70.9 Å². The van der Waals surface area contributed by atoms with E-state index in [2.05, 4.69) is 69.5 Å². The van der Waals surface area contributed by atoms with E-state index >= 15 is 0 Å². The summed E-state index contributed by atoms with van der Waals surface area (Å²) in [5.74, 6) is 1.23. The Bertz CT molecular complexity index is 1090. The van der Waals surface area contributed by atoms with Gasteiger partial charge in [-0.25, -0.2) is 4.98 Å². The standard InChI is InChI=1S/C25H29N7/c1-18-14-21(17-32-12-10-31(3)11-13-32)15-19(2)24(18)29-23-8-9-27-25(30-23)28-22-6-4-20(16-26)5-7-22/h4-9,14-15H,10-13,17H2,1-3H3,(H2,27,28,29,30). The third-order valence-electron chi connectivity index (χ3n) is 5.77. The Balaban J connectivity index is 1.45. The summed E-state index contributed by atoms with van der Waals surface area (Å²) >= 11 is 0. The molecule has 1 aliphatic rings. The van der Waals surface area contributed by atoms with Crippen LogP contribution in [0.25, 0.3) is 0 Å². The molecule has 7 nitrogen and oxygen atoms in total. The molecule has 1 fully saturated rings. The molecule has 4 rings (SSSR count). The number of hydrogen-bond donors (Lipinski definition) is 2. The van der Waals surface area contributed by atoms with E-state index in [1.165, 1.54) is 16.7 Å². The van der Waals surface area contributed by atoms with Crippen molar-refractivity contribution in [2.24, 2.45) is 0 Å². The molecule has 0 radical (unpaired) electrons. The molecule has 0 bridgehead atoms. The number of aromatic nitrogens is 2. The molecule has 2 aromatic carbocycles. The average molecular weight is 428 g/mol. The van der Waals surface area contributed by atoms with E-state index in [1.807, 2.05) is 18.2 Å². The van der Waals surface area contributed by atoms with E-state index in [4.69, 9.17) is 5.26 Å². The fourth-order valence-electron chi connectivity index (χ4n) is 3.98. The van der Waals surface area contributed by atoms with Gasteiger partial charge in [-0.1, -0.05) is 12.1 Å². The van der Waals surface area contributed by atoms with Gasteiger partial charge in [-0.05, 0) is 67.9 Å². The average Bonchev–Trinajstić information content (AvgIpc) is 2.79. The third kappa shape index (κ3) is 5.41. The molecular formula is C25H29N7. The first-order valence-corrected chi connectivity index (χ1v) is 10.9. The zero-order valence-corrected chi connectivity index (χ0v) is 18.9. The van der Waals surface area contributed by atoms with E-state index in [1.54, 1.807) is 18.3 Å². The number of benzene rings is 2. The topological polar surface area (TPSA) is 80.1 Å². The highest BCUT2D eigenvalue weighted by atomic mass is 15.2. The number of likely N-dealkylation sites (N-methyl/N-ethyl adjacent to an activating group) is 1. The van der Waals surface area contributed by atoms with Gasteiger partial charge in [-0.15, -0.1) is 0 Å². The van der Waals surface area contributed by atoms with E-state index in [0.29, 0.717) is 11.5 Å². The summed E-state index contributed by atoms with van der Waals surface area (Å²) in [6.07, 6.45) is 1.73. The maximum absolute atomic E-state index is 8.94. The van der Waals surface area contributed by atoms with Crippen LogP contribution in [0.1, 0.15) is 22.3 Å². The normalized spacial score (nSPS) is 14.7. The Kier molecular flexibility index (Phi) is 6.64. The van der Waals surface area contributed by atoms with E-state index < -0.39 is 0 Å². The van der Waals surface area contributed by atoms with Crippen LogP contribution in [0, 0.1) is 25.2 Å². The number of aryl methyl sites for hydroxylation is 2. The van der Waals surface area contributed by atoms with Crippen molar-refractivity contribution >= 4 is 23.1 Å². The van der Waals surface area contributed by atoms with Crippen LogP contribution in [-0.4, -0.2) is 53.0 Å². The van der Waals surface area contributed by atoms with Gasteiger partial charge >= 0.3 is 0 Å². The summed E-state index contributed by atoms with van der Waals surface area (Å²) in [6.45, 7) is 9.76. The van der Waals surface area contributed by atoms with Crippen molar-refractivity contribution < 1.29 is 0 Å². The summed E-state index contributed by atoms with van der Waals surface area (Å²) in [6, 6.07) is 15.7. The Hall–Kier alpha value is -3.47. The first kappa shape index (κ1) is 21.8. The third-order valence-corrected chi connectivity index (χ3v) is 5.77. The van der Waals surface area contributed by atoms with Gasteiger partial charge in [0.2, 0.25) is 5.95 Å². The Morgan fingerprint density at radius 3 is 2.31 bits per heavy atom. The molecule has 3 aromatic rings. The molecule has 0 spiro atoms. The largest absolute Gasteiger partial charge is 0.340 e. The number of piperazine rings is 1. The molecule has 1 saturated heterocycles. The van der Waals surface area contributed by atoms with Crippen LogP contribution >= 0.6 is 0 Å². The number of hydrogen-bond acceptors (Lipinski definition) is 7. The van der Waals surface area contributed by atoms with Crippen molar-refractivity contribution in [1.29, 1.82) is 5.26 Å². The minimum Gasteiger partial charge on any atom is -0.340 e. The lowest BCUT2D eigenvalue weighted by molar-refractivity contribution is 0.148. The lowest BCUT2D eigenvalue weighted by Gasteiger charge is -2.32. The zero-order chi connectivity index (χ0) is 22.5. The monoisotopic (exact) mass is 427 g/mol. The Labute approximate surface area is 189 Å². The lowest BCUT2D eigenvalue weighted by atomic mass is 10.0. The predicted molar refractivity (Wildman–Crippen MR) is 128 cm³/mol. The van der Waals surface area contributed by atoms with Crippen molar-refractivity contribution in [1.82, 2.24) is 19.8 Å². The van der Waals surface area contributed by atoms with Crippen molar-refractivity contribution in [3.63, 3.8) is 0 Å². The van der Waals surface area contributed by atoms with Crippen molar-refractivity contribution in [2.45, 2.75) is 20.4 Å². The quantitative estimate of drug-likeness (QED) is 0.610. The van der Waals surface area contributed by atoms with Gasteiger partial charge in [0.15, 0.2) is 0 Å². The van der Waals surface area contributed by atoms with Crippen molar-refractivity contribution in [2.75, 3.05) is 43.9 Å². The number of nitriles is 1. The second-order valence-corrected chi connectivity index (χ2v) is 8.39. The van der Waals surface area contributed by atoms with Crippen LogP contribution in [0.5, 0.6) is 0 Å². The molecule has 1 aromatic heterocycles. The van der Waals surface area contributed by atoms with Crippen LogP contribution in [0.3, 0.4) is 0 Å². The number of nitrogens with zero attached hydrogens (tertiary/aromatic N) is 5. The van der Waals surface area contributed by atoms with Gasteiger partial charge in [-0.3, -0.25) is 4.90 Å². The van der Waals surface area contributed by atoms with Gasteiger partial charge < -0.3 is 15.5 Å². The molecule has 0 unspecified atom stereocenters. The number of anilines is 4. The van der Waals surface area contributed by atoms with Crippen LogP contribution < -0.4 is 10.6 Å². The molecule has 0 aliphatic carbocycles. The molecule has 2 heterocycles. The van der Waals surface area contributed by atoms with Gasteiger partial charge in [0, 0.05) is 50.3 Å². The first-order valence-electron chi connectivity index (χ1n) is 10.9. The molecule has 0 atom stereocenters. The molecule has 2 N–H and O–H groups in total. The molecule has 0 saturated carbocycles. The van der Waals surface area contributed by atoms with Crippen LogP contribution in [0.15, 0.2) is 48.7 Å².